The molecule has 0 spiro atoms. The topological polar surface area (TPSA) is 105 Å². The number of hydrogen-bond acceptors (Lipinski definition) is 6. The Hall–Kier alpha value is -2.26. The Labute approximate surface area is 139 Å². The minimum Gasteiger partial charge on any atom is -0.340 e. The van der Waals surface area contributed by atoms with Crippen molar-refractivity contribution in [2.45, 2.75) is 44.7 Å². The van der Waals surface area contributed by atoms with Crippen LogP contribution in [-0.4, -0.2) is 30.5 Å². The molecule has 0 fully saturated rings. The number of aromatic nitrogens is 2. The zero-order chi connectivity index (χ0) is 17.5. The third-order valence-electron chi connectivity index (χ3n) is 3.91. The van der Waals surface area contributed by atoms with E-state index in [0.717, 1.165) is 11.3 Å². The largest absolute Gasteiger partial charge is 0.340 e. The molecule has 8 nitrogen and oxygen atoms in total. The molecule has 2 aromatic rings. The maximum atomic E-state index is 12.4. The van der Waals surface area contributed by atoms with Gasteiger partial charge in [-0.1, -0.05) is 5.16 Å². The molecule has 1 N–H and O–H groups in total. The van der Waals surface area contributed by atoms with Gasteiger partial charge in [0.05, 0.1) is 11.4 Å². The van der Waals surface area contributed by atoms with Crippen LogP contribution in [0.4, 0.5) is 5.69 Å². The van der Waals surface area contributed by atoms with Gasteiger partial charge in [-0.15, -0.1) is 0 Å². The van der Waals surface area contributed by atoms with E-state index in [2.05, 4.69) is 14.9 Å². The molecule has 0 saturated carbocycles. The summed E-state index contributed by atoms with van der Waals surface area (Å²) in [6.45, 7) is 5.03. The molecule has 3 rings (SSSR count). The van der Waals surface area contributed by atoms with E-state index in [-0.39, 0.29) is 29.2 Å². The van der Waals surface area contributed by atoms with E-state index >= 15 is 0 Å². The van der Waals surface area contributed by atoms with Gasteiger partial charge in [0.1, 0.15) is 0 Å². The Balaban J connectivity index is 1.82. The first kappa shape index (κ1) is 16.6. The fourth-order valence-corrected chi connectivity index (χ4v) is 3.94. The number of amides is 1. The maximum absolute atomic E-state index is 12.4. The van der Waals surface area contributed by atoms with Crippen LogP contribution in [0, 0.1) is 6.92 Å². The summed E-state index contributed by atoms with van der Waals surface area (Å²) in [5.74, 6) is 0.594. The molecule has 1 aromatic carbocycles. The van der Waals surface area contributed by atoms with E-state index in [9.17, 15) is 13.2 Å². The third kappa shape index (κ3) is 3.04. The van der Waals surface area contributed by atoms with Crippen LogP contribution in [0.5, 0.6) is 0 Å². The van der Waals surface area contributed by atoms with Crippen LogP contribution in [0.3, 0.4) is 0 Å². The van der Waals surface area contributed by atoms with Crippen molar-refractivity contribution >= 4 is 21.6 Å². The van der Waals surface area contributed by atoms with E-state index in [1.165, 1.54) is 13.0 Å². The Morgan fingerprint density at radius 3 is 2.83 bits per heavy atom. The van der Waals surface area contributed by atoms with Crippen LogP contribution in [0.25, 0.3) is 0 Å². The van der Waals surface area contributed by atoms with Gasteiger partial charge >= 0.3 is 0 Å². The molecule has 1 aromatic heterocycles. The number of fused-ring (bicyclic) bond motifs is 1. The van der Waals surface area contributed by atoms with E-state index in [4.69, 9.17) is 4.52 Å². The summed E-state index contributed by atoms with van der Waals surface area (Å²) in [6, 6.07) is 4.80. The highest BCUT2D eigenvalue weighted by atomic mass is 32.2. The monoisotopic (exact) mass is 350 g/mol. The highest BCUT2D eigenvalue weighted by Crippen LogP contribution is 2.33. The number of benzene rings is 1. The predicted molar refractivity (Wildman–Crippen MR) is 85.8 cm³/mol. The average Bonchev–Trinajstić information content (AvgIpc) is 3.06. The summed E-state index contributed by atoms with van der Waals surface area (Å²) in [4.78, 5) is 17.5. The zero-order valence-corrected chi connectivity index (χ0v) is 14.4. The number of anilines is 1. The van der Waals surface area contributed by atoms with Crippen molar-refractivity contribution in [1.82, 2.24) is 14.9 Å². The van der Waals surface area contributed by atoms with Crippen LogP contribution in [-0.2, 0) is 27.8 Å². The SMILES string of the molecule is CC(=O)N1c2ccc(S(=O)(=O)NCc3noc(C)n3)cc2CC1C. The first-order chi connectivity index (χ1) is 11.3. The highest BCUT2D eigenvalue weighted by molar-refractivity contribution is 7.89. The quantitative estimate of drug-likeness (QED) is 0.887. The lowest BCUT2D eigenvalue weighted by Crippen LogP contribution is -2.33. The molecular weight excluding hydrogens is 332 g/mol. The van der Waals surface area contributed by atoms with Gasteiger partial charge in [0.25, 0.3) is 0 Å². The van der Waals surface area contributed by atoms with Gasteiger partial charge in [-0.25, -0.2) is 13.1 Å². The minimum atomic E-state index is -3.70. The first-order valence-corrected chi connectivity index (χ1v) is 8.98. The van der Waals surface area contributed by atoms with E-state index in [1.807, 2.05) is 6.92 Å². The zero-order valence-electron chi connectivity index (χ0n) is 13.6. The standard InChI is InChI=1S/C15H18N4O4S/c1-9-6-12-7-13(4-5-14(12)19(9)11(3)20)24(21,22)16-8-15-17-10(2)23-18-15/h4-5,7,9,16H,6,8H2,1-3H3. The number of rotatable bonds is 4. The Morgan fingerprint density at radius 1 is 1.46 bits per heavy atom. The molecular formula is C15H18N4O4S. The smallest absolute Gasteiger partial charge is 0.240 e. The van der Waals surface area contributed by atoms with Crippen molar-refractivity contribution in [1.29, 1.82) is 0 Å². The highest BCUT2D eigenvalue weighted by Gasteiger charge is 2.30. The molecule has 2 heterocycles. The molecule has 0 aliphatic carbocycles. The van der Waals surface area contributed by atoms with Gasteiger partial charge in [0.15, 0.2) is 5.82 Å². The summed E-state index contributed by atoms with van der Waals surface area (Å²) >= 11 is 0. The predicted octanol–water partition coefficient (Wildman–Crippen LogP) is 1.15. The molecule has 9 heteroatoms. The lowest BCUT2D eigenvalue weighted by Gasteiger charge is -2.20. The average molecular weight is 350 g/mol. The summed E-state index contributed by atoms with van der Waals surface area (Å²) in [7, 11) is -3.70. The first-order valence-electron chi connectivity index (χ1n) is 7.49. The lowest BCUT2D eigenvalue weighted by atomic mass is 10.1. The number of sulfonamides is 1. The Bertz CT molecular complexity index is 891. The minimum absolute atomic E-state index is 0.0192. The lowest BCUT2D eigenvalue weighted by molar-refractivity contribution is -0.116. The molecule has 1 amide bonds. The molecule has 24 heavy (non-hydrogen) atoms. The molecule has 0 saturated heterocycles. The van der Waals surface area contributed by atoms with Crippen LogP contribution in [0.2, 0.25) is 0 Å². The molecule has 1 atom stereocenters. The second-order valence-corrected chi connectivity index (χ2v) is 7.55. The van der Waals surface area contributed by atoms with Crippen LogP contribution >= 0.6 is 0 Å². The summed E-state index contributed by atoms with van der Waals surface area (Å²) in [5.41, 5.74) is 1.61. The van der Waals surface area contributed by atoms with Crippen LogP contribution in [0.1, 0.15) is 31.1 Å². The maximum Gasteiger partial charge on any atom is 0.240 e. The van der Waals surface area contributed by atoms with Crippen molar-refractivity contribution in [2.24, 2.45) is 0 Å². The number of aryl methyl sites for hydroxylation is 1. The molecule has 1 unspecified atom stereocenters. The second kappa shape index (κ2) is 5.99. The van der Waals surface area contributed by atoms with Gasteiger partial charge in [-0.3, -0.25) is 4.79 Å². The van der Waals surface area contributed by atoms with E-state index < -0.39 is 10.0 Å². The Kier molecular flexibility index (Phi) is 4.14. The van der Waals surface area contributed by atoms with Gasteiger partial charge in [-0.05, 0) is 37.1 Å². The summed E-state index contributed by atoms with van der Waals surface area (Å²) < 4.78 is 32.1. The van der Waals surface area contributed by atoms with Crippen molar-refractivity contribution in [2.75, 3.05) is 4.90 Å². The fourth-order valence-electron chi connectivity index (χ4n) is 2.91. The normalized spacial score (nSPS) is 17.1. The number of nitrogens with zero attached hydrogens (tertiary/aromatic N) is 3. The fraction of sp³-hybridized carbons (Fsp3) is 0.400. The van der Waals surface area contributed by atoms with Crippen molar-refractivity contribution < 1.29 is 17.7 Å². The van der Waals surface area contributed by atoms with Gasteiger partial charge in [0.2, 0.25) is 21.8 Å². The van der Waals surface area contributed by atoms with Crippen molar-refractivity contribution in [3.63, 3.8) is 0 Å². The van der Waals surface area contributed by atoms with E-state index in [1.54, 1.807) is 24.0 Å². The van der Waals surface area contributed by atoms with Gasteiger partial charge in [0, 0.05) is 25.6 Å². The van der Waals surface area contributed by atoms with Crippen LogP contribution < -0.4 is 9.62 Å². The number of nitrogens with one attached hydrogen (secondary N) is 1. The van der Waals surface area contributed by atoms with Crippen LogP contribution in [0.15, 0.2) is 27.6 Å². The van der Waals surface area contributed by atoms with Gasteiger partial charge in [-0.2, -0.15) is 4.98 Å². The second-order valence-electron chi connectivity index (χ2n) is 5.79. The molecule has 1 aliphatic heterocycles. The number of hydrogen-bond donors (Lipinski definition) is 1. The van der Waals surface area contributed by atoms with Gasteiger partial charge < -0.3 is 9.42 Å². The molecule has 0 bridgehead atoms. The van der Waals surface area contributed by atoms with E-state index in [0.29, 0.717) is 12.3 Å². The van der Waals surface area contributed by atoms with Crippen molar-refractivity contribution in [3.05, 3.63) is 35.5 Å². The summed E-state index contributed by atoms with van der Waals surface area (Å²) in [5, 5.41) is 3.65. The molecule has 1 aliphatic rings. The Morgan fingerprint density at radius 2 is 2.21 bits per heavy atom. The molecule has 0 radical (unpaired) electrons. The molecule has 128 valence electrons. The summed E-state index contributed by atoms with van der Waals surface area (Å²) in [6.07, 6.45) is 0.627. The van der Waals surface area contributed by atoms with Crippen molar-refractivity contribution in [3.8, 4) is 0 Å². The number of carbonyl (C=O) groups excluding carboxylic acids is 1. The third-order valence-corrected chi connectivity index (χ3v) is 5.30. The number of carbonyl (C=O) groups is 1.